The molecule has 0 radical (unpaired) electrons. The summed E-state index contributed by atoms with van der Waals surface area (Å²) in [5.41, 5.74) is 2.81. The zero-order valence-electron chi connectivity index (χ0n) is 10.5. The number of amides is 1. The van der Waals surface area contributed by atoms with Crippen LogP contribution in [0.3, 0.4) is 0 Å². The minimum absolute atomic E-state index is 0.0197. The summed E-state index contributed by atoms with van der Waals surface area (Å²) in [7, 11) is 0. The van der Waals surface area contributed by atoms with Crippen molar-refractivity contribution in [1.29, 1.82) is 0 Å². The molecule has 0 heterocycles. The monoisotopic (exact) mass is 253 g/mol. The van der Waals surface area contributed by atoms with Crippen molar-refractivity contribution in [2.75, 3.05) is 0 Å². The van der Waals surface area contributed by atoms with Crippen LogP contribution in [0.2, 0.25) is 0 Å². The molecule has 3 nitrogen and oxygen atoms in total. The average molecular weight is 253 g/mol. The molecule has 0 saturated carbocycles. The third kappa shape index (κ3) is 2.19. The number of aromatic hydroxyl groups is 1. The molecule has 1 aliphatic rings. The maximum Gasteiger partial charge on any atom is 0.255 e. The topological polar surface area (TPSA) is 49.3 Å². The molecular weight excluding hydrogens is 238 g/mol. The maximum absolute atomic E-state index is 12.2. The minimum Gasteiger partial charge on any atom is -0.507 e. The van der Waals surface area contributed by atoms with Crippen LogP contribution in [0, 0.1) is 0 Å². The normalized spacial score (nSPS) is 16.9. The number of phenolic OH excluding ortho intramolecular Hbond substituents is 1. The fourth-order valence-corrected chi connectivity index (χ4v) is 2.61. The van der Waals surface area contributed by atoms with Gasteiger partial charge in [0.05, 0.1) is 11.6 Å². The van der Waals surface area contributed by atoms with Gasteiger partial charge in [-0.2, -0.15) is 0 Å². The number of hydrogen-bond donors (Lipinski definition) is 2. The summed E-state index contributed by atoms with van der Waals surface area (Å²) in [5, 5.41) is 12.7. The first kappa shape index (κ1) is 11.8. The van der Waals surface area contributed by atoms with Crippen LogP contribution in [0.25, 0.3) is 0 Å². The van der Waals surface area contributed by atoms with Crippen molar-refractivity contribution < 1.29 is 9.90 Å². The number of benzene rings is 2. The molecule has 0 saturated heterocycles. The quantitative estimate of drug-likeness (QED) is 0.864. The fraction of sp³-hybridized carbons (Fsp3) is 0.188. The molecule has 0 fully saturated rings. The number of carbonyl (C=O) groups is 1. The minimum atomic E-state index is -0.222. The Morgan fingerprint density at radius 1 is 1.11 bits per heavy atom. The number of nitrogens with one attached hydrogen (secondary N) is 1. The average Bonchev–Trinajstić information content (AvgIpc) is 2.83. The van der Waals surface area contributed by atoms with Crippen molar-refractivity contribution in [2.45, 2.75) is 18.9 Å². The van der Waals surface area contributed by atoms with E-state index in [9.17, 15) is 9.90 Å². The highest BCUT2D eigenvalue weighted by atomic mass is 16.3. The van der Waals surface area contributed by atoms with E-state index in [1.807, 2.05) is 12.1 Å². The molecule has 0 aromatic heterocycles. The first-order chi connectivity index (χ1) is 9.25. The Kier molecular flexibility index (Phi) is 2.95. The van der Waals surface area contributed by atoms with Gasteiger partial charge in [0.25, 0.3) is 5.91 Å². The molecule has 2 aromatic carbocycles. The Morgan fingerprint density at radius 2 is 1.84 bits per heavy atom. The number of aryl methyl sites for hydroxylation is 1. The second kappa shape index (κ2) is 4.76. The highest BCUT2D eigenvalue weighted by Crippen LogP contribution is 2.31. The summed E-state index contributed by atoms with van der Waals surface area (Å²) in [6.45, 7) is 0. The Hall–Kier alpha value is -2.29. The van der Waals surface area contributed by atoms with Crippen LogP contribution in [0.5, 0.6) is 5.75 Å². The van der Waals surface area contributed by atoms with Crippen LogP contribution in [0.4, 0.5) is 0 Å². The van der Waals surface area contributed by atoms with Crippen molar-refractivity contribution in [3.63, 3.8) is 0 Å². The predicted molar refractivity (Wildman–Crippen MR) is 73.1 cm³/mol. The number of rotatable bonds is 2. The number of fused-ring (bicyclic) bond motifs is 1. The SMILES string of the molecule is O=C(N[C@H]1CCc2ccccc21)c1ccccc1O. The van der Waals surface area contributed by atoms with Gasteiger partial charge in [-0.25, -0.2) is 0 Å². The van der Waals surface area contributed by atoms with Crippen molar-refractivity contribution in [3.8, 4) is 5.75 Å². The standard InChI is InChI=1S/C16H15NO2/c18-15-8-4-3-7-13(15)16(19)17-14-10-9-11-5-1-2-6-12(11)14/h1-8,14,18H,9-10H2,(H,17,19)/t14-/m0/s1. The molecule has 3 rings (SSSR count). The molecule has 0 aliphatic heterocycles. The number of carbonyl (C=O) groups excluding carboxylic acids is 1. The third-order valence-corrected chi connectivity index (χ3v) is 3.59. The Labute approximate surface area is 111 Å². The summed E-state index contributed by atoms with van der Waals surface area (Å²) in [4.78, 5) is 12.2. The smallest absolute Gasteiger partial charge is 0.255 e. The van der Waals surface area contributed by atoms with Gasteiger partial charge < -0.3 is 10.4 Å². The van der Waals surface area contributed by atoms with E-state index in [0.717, 1.165) is 12.8 Å². The van der Waals surface area contributed by atoms with Crippen LogP contribution in [0.1, 0.15) is 33.9 Å². The maximum atomic E-state index is 12.2. The van der Waals surface area contributed by atoms with E-state index >= 15 is 0 Å². The molecule has 3 heteroatoms. The molecular formula is C16H15NO2. The fourth-order valence-electron chi connectivity index (χ4n) is 2.61. The molecule has 2 aromatic rings. The molecule has 19 heavy (non-hydrogen) atoms. The summed E-state index contributed by atoms with van der Waals surface area (Å²) >= 11 is 0. The molecule has 1 aliphatic carbocycles. The van der Waals surface area contributed by atoms with Crippen molar-refractivity contribution in [3.05, 3.63) is 65.2 Å². The zero-order valence-corrected chi connectivity index (χ0v) is 10.5. The summed E-state index contributed by atoms with van der Waals surface area (Å²) in [6.07, 6.45) is 1.90. The van der Waals surface area contributed by atoms with Crippen LogP contribution in [-0.2, 0) is 6.42 Å². The van der Waals surface area contributed by atoms with Crippen LogP contribution < -0.4 is 5.32 Å². The van der Waals surface area contributed by atoms with Gasteiger partial charge >= 0.3 is 0 Å². The van der Waals surface area contributed by atoms with E-state index in [-0.39, 0.29) is 17.7 Å². The highest BCUT2D eigenvalue weighted by molar-refractivity contribution is 5.97. The van der Waals surface area contributed by atoms with Gasteiger partial charge in [0.1, 0.15) is 5.75 Å². The van der Waals surface area contributed by atoms with E-state index < -0.39 is 0 Å². The van der Waals surface area contributed by atoms with Gasteiger partial charge in [-0.15, -0.1) is 0 Å². The Morgan fingerprint density at radius 3 is 2.68 bits per heavy atom. The van der Waals surface area contributed by atoms with Crippen molar-refractivity contribution >= 4 is 5.91 Å². The number of phenols is 1. The van der Waals surface area contributed by atoms with E-state index in [0.29, 0.717) is 5.56 Å². The lowest BCUT2D eigenvalue weighted by Gasteiger charge is -2.14. The second-order valence-corrected chi connectivity index (χ2v) is 4.78. The molecule has 96 valence electrons. The van der Waals surface area contributed by atoms with Crippen LogP contribution in [0.15, 0.2) is 48.5 Å². The van der Waals surface area contributed by atoms with Crippen molar-refractivity contribution in [1.82, 2.24) is 5.32 Å². The molecule has 2 N–H and O–H groups in total. The third-order valence-electron chi connectivity index (χ3n) is 3.59. The second-order valence-electron chi connectivity index (χ2n) is 4.78. The largest absolute Gasteiger partial charge is 0.507 e. The number of hydrogen-bond acceptors (Lipinski definition) is 2. The predicted octanol–water partition coefficient (Wildman–Crippen LogP) is 2.81. The molecule has 0 unspecified atom stereocenters. The Bertz CT molecular complexity index is 622. The zero-order chi connectivity index (χ0) is 13.2. The molecule has 0 spiro atoms. The molecule has 0 bridgehead atoms. The van der Waals surface area contributed by atoms with Gasteiger partial charge in [-0.3, -0.25) is 4.79 Å². The van der Waals surface area contributed by atoms with Gasteiger partial charge in [-0.1, -0.05) is 36.4 Å². The van der Waals surface area contributed by atoms with E-state index in [1.165, 1.54) is 17.2 Å². The van der Waals surface area contributed by atoms with E-state index in [2.05, 4.69) is 17.4 Å². The summed E-state index contributed by atoms with van der Waals surface area (Å²) in [5.74, 6) is -0.203. The van der Waals surface area contributed by atoms with E-state index in [4.69, 9.17) is 0 Å². The lowest BCUT2D eigenvalue weighted by atomic mass is 10.1. The van der Waals surface area contributed by atoms with Crippen LogP contribution in [-0.4, -0.2) is 11.0 Å². The summed E-state index contributed by atoms with van der Waals surface area (Å²) < 4.78 is 0. The van der Waals surface area contributed by atoms with Gasteiger partial charge in [-0.05, 0) is 36.1 Å². The summed E-state index contributed by atoms with van der Waals surface area (Å²) in [6, 6.07) is 14.8. The van der Waals surface area contributed by atoms with Crippen molar-refractivity contribution in [2.24, 2.45) is 0 Å². The first-order valence-corrected chi connectivity index (χ1v) is 6.42. The van der Waals surface area contributed by atoms with Gasteiger partial charge in [0.15, 0.2) is 0 Å². The molecule has 1 atom stereocenters. The van der Waals surface area contributed by atoms with E-state index in [1.54, 1.807) is 18.2 Å². The Balaban J connectivity index is 1.81. The first-order valence-electron chi connectivity index (χ1n) is 6.42. The lowest BCUT2D eigenvalue weighted by molar-refractivity contribution is 0.0934. The van der Waals surface area contributed by atoms with Gasteiger partial charge in [0.2, 0.25) is 0 Å². The lowest BCUT2D eigenvalue weighted by Crippen LogP contribution is -2.27. The highest BCUT2D eigenvalue weighted by Gasteiger charge is 2.24. The molecule has 1 amide bonds. The number of para-hydroxylation sites is 1. The van der Waals surface area contributed by atoms with Crippen LogP contribution >= 0.6 is 0 Å². The van der Waals surface area contributed by atoms with Gasteiger partial charge in [0, 0.05) is 0 Å².